The lowest BCUT2D eigenvalue weighted by Gasteiger charge is -2.22. The third-order valence-electron chi connectivity index (χ3n) is 4.05. The fourth-order valence-electron chi connectivity index (χ4n) is 2.66. The van der Waals surface area contributed by atoms with E-state index in [0.29, 0.717) is 19.0 Å². The summed E-state index contributed by atoms with van der Waals surface area (Å²) in [6, 6.07) is 12.7. The summed E-state index contributed by atoms with van der Waals surface area (Å²) in [6.45, 7) is -1.88. The van der Waals surface area contributed by atoms with E-state index in [-0.39, 0.29) is 11.5 Å². The molecule has 0 aliphatic carbocycles. The smallest absolute Gasteiger partial charge is 0.387 e. The molecule has 6 nitrogen and oxygen atoms in total. The maximum Gasteiger partial charge on any atom is 0.387 e. The molecule has 0 saturated heterocycles. The van der Waals surface area contributed by atoms with Crippen LogP contribution >= 0.6 is 0 Å². The van der Waals surface area contributed by atoms with Gasteiger partial charge in [-0.1, -0.05) is 18.2 Å². The molecule has 1 N–H and O–H groups in total. The number of benzene rings is 2. The fourth-order valence-corrected chi connectivity index (χ4v) is 2.66. The molecule has 0 unspecified atom stereocenters. The predicted octanol–water partition coefficient (Wildman–Crippen LogP) is 3.51. The molecule has 8 heteroatoms. The number of nitrogens with one attached hydrogen (secondary N) is 1. The number of guanidine groups is 1. The number of nitrogens with zero attached hydrogens (tertiary/aromatic N) is 2. The Morgan fingerprint density at radius 2 is 1.71 bits per heavy atom. The Bertz CT molecular complexity index is 783. The van der Waals surface area contributed by atoms with Gasteiger partial charge in [-0.3, -0.25) is 4.99 Å². The van der Waals surface area contributed by atoms with Gasteiger partial charge in [-0.05, 0) is 35.4 Å². The van der Waals surface area contributed by atoms with Gasteiger partial charge in [-0.2, -0.15) is 8.78 Å². The molecule has 0 spiro atoms. The number of rotatable bonds is 8. The first-order chi connectivity index (χ1) is 13.5. The molecule has 0 aliphatic heterocycles. The van der Waals surface area contributed by atoms with E-state index < -0.39 is 6.61 Å². The van der Waals surface area contributed by atoms with Crippen LogP contribution in [-0.2, 0) is 13.1 Å². The second-order valence-electron chi connectivity index (χ2n) is 5.97. The molecule has 0 heterocycles. The van der Waals surface area contributed by atoms with Crippen molar-refractivity contribution >= 4 is 5.96 Å². The van der Waals surface area contributed by atoms with E-state index in [1.807, 2.05) is 36.2 Å². The van der Waals surface area contributed by atoms with Crippen LogP contribution in [0.25, 0.3) is 0 Å². The number of halogens is 2. The summed E-state index contributed by atoms with van der Waals surface area (Å²) in [5.74, 6) is 1.72. The van der Waals surface area contributed by atoms with Crippen LogP contribution in [0, 0.1) is 0 Å². The predicted molar refractivity (Wildman–Crippen MR) is 104 cm³/mol. The Morgan fingerprint density at radius 3 is 2.29 bits per heavy atom. The molecule has 0 bridgehead atoms. The summed E-state index contributed by atoms with van der Waals surface area (Å²) in [7, 11) is 6.64. The van der Waals surface area contributed by atoms with Crippen molar-refractivity contribution in [2.24, 2.45) is 4.99 Å². The van der Waals surface area contributed by atoms with Crippen LogP contribution < -0.4 is 19.5 Å². The monoisotopic (exact) mass is 393 g/mol. The van der Waals surface area contributed by atoms with Crippen LogP contribution in [0.1, 0.15) is 11.1 Å². The average Bonchev–Trinajstić information content (AvgIpc) is 2.68. The Labute approximate surface area is 163 Å². The van der Waals surface area contributed by atoms with Crippen LogP contribution in [0.4, 0.5) is 8.78 Å². The van der Waals surface area contributed by atoms with Gasteiger partial charge >= 0.3 is 6.61 Å². The summed E-state index contributed by atoms with van der Waals surface area (Å²) in [4.78, 5) is 6.23. The first kappa shape index (κ1) is 21.3. The molecule has 28 heavy (non-hydrogen) atoms. The number of aliphatic imine (C=N–C) groups is 1. The normalized spacial score (nSPS) is 11.3. The topological polar surface area (TPSA) is 55.3 Å². The number of hydrogen-bond acceptors (Lipinski definition) is 4. The summed E-state index contributed by atoms with van der Waals surface area (Å²) in [6.07, 6.45) is 0. The van der Waals surface area contributed by atoms with Crippen molar-refractivity contribution in [2.75, 3.05) is 28.3 Å². The van der Waals surface area contributed by atoms with E-state index in [0.717, 1.165) is 16.9 Å². The van der Waals surface area contributed by atoms with Crippen molar-refractivity contribution in [3.05, 3.63) is 53.6 Å². The molecule has 2 aromatic rings. The molecule has 2 rings (SSSR count). The second kappa shape index (κ2) is 10.3. The molecule has 0 amide bonds. The highest BCUT2D eigenvalue weighted by Crippen LogP contribution is 2.29. The zero-order valence-electron chi connectivity index (χ0n) is 16.4. The van der Waals surface area contributed by atoms with E-state index in [4.69, 9.17) is 9.47 Å². The van der Waals surface area contributed by atoms with Crippen molar-refractivity contribution in [2.45, 2.75) is 19.7 Å². The highest BCUT2D eigenvalue weighted by molar-refractivity contribution is 5.79. The van der Waals surface area contributed by atoms with Gasteiger partial charge in [0.25, 0.3) is 0 Å². The highest BCUT2D eigenvalue weighted by Gasteiger charge is 2.12. The quantitative estimate of drug-likeness (QED) is 0.549. The Balaban J connectivity index is 2.00. The fraction of sp³-hybridized carbons (Fsp3) is 0.350. The summed E-state index contributed by atoms with van der Waals surface area (Å²) >= 11 is 0. The minimum absolute atomic E-state index is 0.00150. The van der Waals surface area contributed by atoms with E-state index in [1.165, 1.54) is 13.2 Å². The SMILES string of the molecule is CN=C(NCc1ccc(OC)c(OC(F)F)c1)N(C)Cc1ccc(OC)cc1. The number of ether oxygens (including phenoxy) is 3. The Hall–Kier alpha value is -3.03. The van der Waals surface area contributed by atoms with Crippen molar-refractivity contribution in [1.29, 1.82) is 0 Å². The van der Waals surface area contributed by atoms with Crippen LogP contribution in [0.15, 0.2) is 47.5 Å². The minimum atomic E-state index is -2.92. The van der Waals surface area contributed by atoms with Crippen molar-refractivity contribution < 1.29 is 23.0 Å². The standard InChI is InChI=1S/C20H25F2N3O3/c1-23-20(25(2)13-14-5-8-16(26-3)9-6-14)24-12-15-7-10-17(27-4)18(11-15)28-19(21)22/h5-11,19H,12-13H2,1-4H3,(H,23,24). The number of alkyl halides is 2. The maximum atomic E-state index is 12.6. The van der Waals surface area contributed by atoms with Gasteiger partial charge in [-0.25, -0.2) is 0 Å². The molecular formula is C20H25F2N3O3. The molecule has 0 saturated carbocycles. The van der Waals surface area contributed by atoms with E-state index >= 15 is 0 Å². The zero-order chi connectivity index (χ0) is 20.5. The minimum Gasteiger partial charge on any atom is -0.497 e. The van der Waals surface area contributed by atoms with Crippen LogP contribution in [-0.4, -0.2) is 45.8 Å². The summed E-state index contributed by atoms with van der Waals surface area (Å²) in [5.41, 5.74) is 1.86. The zero-order valence-corrected chi connectivity index (χ0v) is 16.4. The van der Waals surface area contributed by atoms with E-state index in [2.05, 4.69) is 15.0 Å². The molecule has 0 atom stereocenters. The number of hydrogen-bond donors (Lipinski definition) is 1. The molecular weight excluding hydrogens is 368 g/mol. The number of methoxy groups -OCH3 is 2. The van der Waals surface area contributed by atoms with Crippen LogP contribution in [0.3, 0.4) is 0 Å². The lowest BCUT2D eigenvalue weighted by atomic mass is 10.2. The van der Waals surface area contributed by atoms with E-state index in [9.17, 15) is 8.78 Å². The van der Waals surface area contributed by atoms with Gasteiger partial charge in [0.15, 0.2) is 17.5 Å². The van der Waals surface area contributed by atoms with Crippen molar-refractivity contribution in [1.82, 2.24) is 10.2 Å². The van der Waals surface area contributed by atoms with Gasteiger partial charge < -0.3 is 24.4 Å². The first-order valence-corrected chi connectivity index (χ1v) is 8.63. The molecule has 0 aliphatic rings. The molecule has 0 aromatic heterocycles. The third kappa shape index (κ3) is 6.00. The Kier molecular flexibility index (Phi) is 7.86. The van der Waals surface area contributed by atoms with Gasteiger partial charge in [0.2, 0.25) is 0 Å². The van der Waals surface area contributed by atoms with Gasteiger partial charge in [0.1, 0.15) is 5.75 Å². The molecule has 0 radical (unpaired) electrons. The van der Waals surface area contributed by atoms with Gasteiger partial charge in [0.05, 0.1) is 14.2 Å². The molecule has 2 aromatic carbocycles. The van der Waals surface area contributed by atoms with Crippen LogP contribution in [0.5, 0.6) is 17.2 Å². The Morgan fingerprint density at radius 1 is 1.04 bits per heavy atom. The third-order valence-corrected chi connectivity index (χ3v) is 4.05. The first-order valence-electron chi connectivity index (χ1n) is 8.63. The molecule has 152 valence electrons. The molecule has 0 fully saturated rings. The lowest BCUT2D eigenvalue weighted by molar-refractivity contribution is -0.0512. The largest absolute Gasteiger partial charge is 0.497 e. The average molecular weight is 393 g/mol. The second-order valence-corrected chi connectivity index (χ2v) is 5.97. The highest BCUT2D eigenvalue weighted by atomic mass is 19.3. The van der Waals surface area contributed by atoms with Crippen molar-refractivity contribution in [3.63, 3.8) is 0 Å². The summed E-state index contributed by atoms with van der Waals surface area (Å²) < 4.78 is 39.9. The van der Waals surface area contributed by atoms with Gasteiger partial charge in [-0.15, -0.1) is 0 Å². The van der Waals surface area contributed by atoms with Crippen molar-refractivity contribution in [3.8, 4) is 17.2 Å². The lowest BCUT2D eigenvalue weighted by Crippen LogP contribution is -2.38. The summed E-state index contributed by atoms with van der Waals surface area (Å²) in [5, 5.41) is 3.21. The van der Waals surface area contributed by atoms with E-state index in [1.54, 1.807) is 26.3 Å². The maximum absolute atomic E-state index is 12.6. The van der Waals surface area contributed by atoms with Gasteiger partial charge in [0, 0.05) is 27.2 Å². The van der Waals surface area contributed by atoms with Crippen LogP contribution in [0.2, 0.25) is 0 Å².